The van der Waals surface area contributed by atoms with Crippen LogP contribution in [0, 0.1) is 17.0 Å². The Morgan fingerprint density at radius 2 is 1.96 bits per heavy atom. The minimum absolute atomic E-state index is 0.163. The summed E-state index contributed by atoms with van der Waals surface area (Å²) in [6.45, 7) is 1.24. The lowest BCUT2D eigenvalue weighted by Crippen LogP contribution is -2.37. The fraction of sp³-hybridized carbons (Fsp3) is 0.235. The number of sulfonamides is 1. The zero-order chi connectivity index (χ0) is 20.2. The van der Waals surface area contributed by atoms with Gasteiger partial charge in [0.15, 0.2) is 0 Å². The predicted molar refractivity (Wildman–Crippen MR) is 107 cm³/mol. The molecule has 0 aromatic heterocycles. The fourth-order valence-electron chi connectivity index (χ4n) is 2.34. The molecule has 0 atom stereocenters. The lowest BCUT2D eigenvalue weighted by molar-refractivity contribution is -0.384. The van der Waals surface area contributed by atoms with E-state index in [4.69, 9.17) is 0 Å². The lowest BCUT2D eigenvalue weighted by Gasteiger charge is -2.22. The van der Waals surface area contributed by atoms with Gasteiger partial charge in [0.25, 0.3) is 5.69 Å². The van der Waals surface area contributed by atoms with Crippen molar-refractivity contribution in [2.24, 2.45) is 0 Å². The molecular formula is C17H19N3O5S2. The van der Waals surface area contributed by atoms with Crippen molar-refractivity contribution in [3.05, 3.63) is 58.1 Å². The highest BCUT2D eigenvalue weighted by atomic mass is 32.2. The van der Waals surface area contributed by atoms with Gasteiger partial charge in [-0.15, -0.1) is 11.8 Å². The molecule has 0 saturated carbocycles. The van der Waals surface area contributed by atoms with Gasteiger partial charge in [0, 0.05) is 17.0 Å². The van der Waals surface area contributed by atoms with E-state index in [9.17, 15) is 23.3 Å². The molecule has 0 fully saturated rings. The molecule has 0 aliphatic carbocycles. The molecule has 144 valence electrons. The summed E-state index contributed by atoms with van der Waals surface area (Å²) in [5, 5.41) is 13.5. The molecule has 0 heterocycles. The van der Waals surface area contributed by atoms with Gasteiger partial charge < -0.3 is 5.32 Å². The number of carbonyl (C=O) groups excluding carboxylic acids is 1. The highest BCUT2D eigenvalue weighted by Crippen LogP contribution is 2.25. The Labute approximate surface area is 161 Å². The highest BCUT2D eigenvalue weighted by molar-refractivity contribution is 7.98. The number of non-ortho nitro benzene ring substituents is 1. The van der Waals surface area contributed by atoms with E-state index in [1.807, 2.05) is 12.3 Å². The van der Waals surface area contributed by atoms with Gasteiger partial charge in [-0.25, -0.2) is 8.42 Å². The maximum Gasteiger partial charge on any atom is 0.271 e. The van der Waals surface area contributed by atoms with Gasteiger partial charge in [0.2, 0.25) is 15.9 Å². The first-order chi connectivity index (χ1) is 12.6. The number of hydrogen-bond acceptors (Lipinski definition) is 6. The first kappa shape index (κ1) is 20.7. The summed E-state index contributed by atoms with van der Waals surface area (Å²) in [5.74, 6) is -0.599. The van der Waals surface area contributed by atoms with Crippen molar-refractivity contribution in [3.8, 4) is 0 Å². The van der Waals surface area contributed by atoms with Crippen LogP contribution in [-0.4, -0.2) is 38.3 Å². The molecule has 0 unspecified atom stereocenters. The number of nitrogens with zero attached hydrogens (tertiary/aromatic N) is 2. The van der Waals surface area contributed by atoms with Gasteiger partial charge >= 0.3 is 0 Å². The quantitative estimate of drug-likeness (QED) is 0.428. The maximum absolute atomic E-state index is 12.4. The second-order valence-corrected chi connectivity index (χ2v) is 8.56. The minimum Gasteiger partial charge on any atom is -0.324 e. The molecular weight excluding hydrogens is 390 g/mol. The van der Waals surface area contributed by atoms with Gasteiger partial charge in [0.1, 0.15) is 6.54 Å². The molecule has 2 rings (SSSR count). The van der Waals surface area contributed by atoms with Crippen molar-refractivity contribution in [2.75, 3.05) is 28.7 Å². The summed E-state index contributed by atoms with van der Waals surface area (Å²) < 4.78 is 25.4. The molecule has 0 radical (unpaired) electrons. The van der Waals surface area contributed by atoms with E-state index in [1.165, 1.54) is 30.0 Å². The molecule has 0 aliphatic heterocycles. The molecule has 10 heteroatoms. The third-order valence-electron chi connectivity index (χ3n) is 3.73. The zero-order valence-corrected chi connectivity index (χ0v) is 16.6. The van der Waals surface area contributed by atoms with Crippen LogP contribution in [0.5, 0.6) is 0 Å². The summed E-state index contributed by atoms with van der Waals surface area (Å²) in [7, 11) is -3.71. The van der Waals surface area contributed by atoms with Crippen LogP contribution in [0.3, 0.4) is 0 Å². The predicted octanol–water partition coefficient (Wildman–Crippen LogP) is 3.03. The second kappa shape index (κ2) is 8.40. The number of amides is 1. The van der Waals surface area contributed by atoms with Crippen molar-refractivity contribution in [3.63, 3.8) is 0 Å². The topological polar surface area (TPSA) is 110 Å². The van der Waals surface area contributed by atoms with Crippen molar-refractivity contribution >= 4 is 44.8 Å². The van der Waals surface area contributed by atoms with E-state index in [-0.39, 0.29) is 11.4 Å². The monoisotopic (exact) mass is 409 g/mol. The number of anilines is 2. The van der Waals surface area contributed by atoms with Crippen LogP contribution in [0.25, 0.3) is 0 Å². The SMILES string of the molecule is CSc1cccc(N(CC(=O)Nc2cc([N+](=O)[O-])ccc2C)S(C)(=O)=O)c1. The second-order valence-electron chi connectivity index (χ2n) is 5.78. The zero-order valence-electron chi connectivity index (χ0n) is 15.0. The number of benzene rings is 2. The Morgan fingerprint density at radius 3 is 2.56 bits per heavy atom. The molecule has 27 heavy (non-hydrogen) atoms. The number of carbonyl (C=O) groups is 1. The smallest absolute Gasteiger partial charge is 0.271 e. The molecule has 1 amide bonds. The first-order valence-electron chi connectivity index (χ1n) is 7.78. The molecule has 1 N–H and O–H groups in total. The van der Waals surface area contributed by atoms with Crippen LogP contribution in [0.4, 0.5) is 17.1 Å². The Bertz CT molecular complexity index is 976. The molecule has 0 spiro atoms. The molecule has 2 aromatic rings. The van der Waals surface area contributed by atoms with Gasteiger partial charge in [0.05, 0.1) is 22.6 Å². The summed E-state index contributed by atoms with van der Waals surface area (Å²) in [6.07, 6.45) is 2.88. The van der Waals surface area contributed by atoms with E-state index in [1.54, 1.807) is 25.1 Å². The van der Waals surface area contributed by atoms with Crippen LogP contribution in [0.2, 0.25) is 0 Å². The largest absolute Gasteiger partial charge is 0.324 e. The Kier molecular flexibility index (Phi) is 6.45. The number of nitrogens with one attached hydrogen (secondary N) is 1. The highest BCUT2D eigenvalue weighted by Gasteiger charge is 2.22. The number of hydrogen-bond donors (Lipinski definition) is 1. The Hall–Kier alpha value is -2.59. The van der Waals surface area contributed by atoms with Crippen LogP contribution < -0.4 is 9.62 Å². The third kappa shape index (κ3) is 5.44. The number of nitro groups is 1. The Morgan fingerprint density at radius 1 is 1.26 bits per heavy atom. The first-order valence-corrected chi connectivity index (χ1v) is 10.9. The van der Waals surface area contributed by atoms with E-state index in [2.05, 4.69) is 5.32 Å². The molecule has 2 aromatic carbocycles. The maximum atomic E-state index is 12.4. The summed E-state index contributed by atoms with van der Waals surface area (Å²) >= 11 is 1.45. The van der Waals surface area contributed by atoms with Crippen molar-refractivity contribution in [1.29, 1.82) is 0 Å². The van der Waals surface area contributed by atoms with E-state index < -0.39 is 27.4 Å². The average molecular weight is 409 g/mol. The number of rotatable bonds is 7. The van der Waals surface area contributed by atoms with Crippen molar-refractivity contribution < 1.29 is 18.1 Å². The van der Waals surface area contributed by atoms with Crippen molar-refractivity contribution in [1.82, 2.24) is 0 Å². The average Bonchev–Trinajstić information content (AvgIpc) is 2.60. The molecule has 0 aliphatic rings. The van der Waals surface area contributed by atoms with Crippen LogP contribution in [0.15, 0.2) is 47.4 Å². The van der Waals surface area contributed by atoms with Gasteiger partial charge in [-0.3, -0.25) is 19.2 Å². The fourth-order valence-corrected chi connectivity index (χ4v) is 3.65. The summed E-state index contributed by atoms with van der Waals surface area (Å²) in [4.78, 5) is 23.6. The van der Waals surface area contributed by atoms with Crippen LogP contribution >= 0.6 is 11.8 Å². The van der Waals surface area contributed by atoms with Gasteiger partial charge in [-0.2, -0.15) is 0 Å². The molecule has 8 nitrogen and oxygen atoms in total. The molecule has 0 saturated heterocycles. The van der Waals surface area contributed by atoms with Crippen LogP contribution in [-0.2, 0) is 14.8 Å². The van der Waals surface area contributed by atoms with E-state index in [0.29, 0.717) is 11.3 Å². The number of nitro benzene ring substituents is 1. The number of thioether (sulfide) groups is 1. The van der Waals surface area contributed by atoms with Gasteiger partial charge in [-0.05, 0) is 36.9 Å². The van der Waals surface area contributed by atoms with Crippen molar-refractivity contribution in [2.45, 2.75) is 11.8 Å². The minimum atomic E-state index is -3.71. The van der Waals surface area contributed by atoms with E-state index >= 15 is 0 Å². The normalized spacial score (nSPS) is 11.1. The van der Waals surface area contributed by atoms with E-state index in [0.717, 1.165) is 15.5 Å². The summed E-state index contributed by atoms with van der Waals surface area (Å²) in [6, 6.07) is 10.9. The lowest BCUT2D eigenvalue weighted by atomic mass is 10.2. The third-order valence-corrected chi connectivity index (χ3v) is 5.60. The number of aryl methyl sites for hydroxylation is 1. The molecule has 0 bridgehead atoms. The summed E-state index contributed by atoms with van der Waals surface area (Å²) in [5.41, 5.74) is 1.10. The standard InChI is InChI=1S/C17H19N3O5S2/c1-12-7-8-14(20(22)23)10-16(12)18-17(21)11-19(27(3,24)25)13-5-4-6-15(9-13)26-2/h4-10H,11H2,1-3H3,(H,18,21). The Balaban J connectivity index is 2.27. The van der Waals surface area contributed by atoms with Gasteiger partial charge in [-0.1, -0.05) is 12.1 Å². The van der Waals surface area contributed by atoms with Crippen LogP contribution in [0.1, 0.15) is 5.56 Å².